The molecule has 0 radical (unpaired) electrons. The van der Waals surface area contributed by atoms with Gasteiger partial charge in [0.15, 0.2) is 0 Å². The van der Waals surface area contributed by atoms with Gasteiger partial charge in [0.2, 0.25) is 0 Å². The van der Waals surface area contributed by atoms with Gasteiger partial charge in [-0.2, -0.15) is 5.26 Å². The molecule has 0 aromatic heterocycles. The van der Waals surface area contributed by atoms with Gasteiger partial charge in [-0.15, -0.1) is 13.2 Å². The average Bonchev–Trinajstić information content (AvgIpc) is 2.29. The summed E-state index contributed by atoms with van der Waals surface area (Å²) in [5.74, 6) is 0. The first-order valence-electron chi connectivity index (χ1n) is 4.21. The SMILES string of the molecule is C=C.N#CC=CC=Cc1ccccc1. The van der Waals surface area contributed by atoms with Gasteiger partial charge in [-0.3, -0.25) is 0 Å². The zero-order valence-electron chi connectivity index (χ0n) is 8.06. The Labute approximate surface area is 85.3 Å². The molecule has 0 fully saturated rings. The minimum atomic E-state index is 1.14. The van der Waals surface area contributed by atoms with Crippen LogP contribution in [-0.4, -0.2) is 0 Å². The van der Waals surface area contributed by atoms with E-state index in [4.69, 9.17) is 5.26 Å². The van der Waals surface area contributed by atoms with E-state index in [2.05, 4.69) is 13.2 Å². The Morgan fingerprint density at radius 1 is 1.07 bits per heavy atom. The van der Waals surface area contributed by atoms with E-state index in [1.165, 1.54) is 6.08 Å². The predicted molar refractivity (Wildman–Crippen MR) is 61.5 cm³/mol. The molecule has 1 aromatic rings. The number of benzene rings is 1. The maximum Gasteiger partial charge on any atom is 0.0912 e. The van der Waals surface area contributed by atoms with Crippen LogP contribution in [0.15, 0.2) is 61.7 Å². The van der Waals surface area contributed by atoms with E-state index < -0.39 is 0 Å². The lowest BCUT2D eigenvalue weighted by Crippen LogP contribution is -1.66. The highest BCUT2D eigenvalue weighted by atomic mass is 14.2. The normalized spacial score (nSPS) is 9.36. The highest BCUT2D eigenvalue weighted by Crippen LogP contribution is 2.00. The third kappa shape index (κ3) is 5.56. The third-order valence-corrected chi connectivity index (χ3v) is 1.37. The van der Waals surface area contributed by atoms with Crippen molar-refractivity contribution in [2.75, 3.05) is 0 Å². The molecule has 70 valence electrons. The third-order valence-electron chi connectivity index (χ3n) is 1.37. The molecule has 0 aliphatic rings. The van der Waals surface area contributed by atoms with Gasteiger partial charge >= 0.3 is 0 Å². The van der Waals surface area contributed by atoms with Gasteiger partial charge in [-0.25, -0.2) is 0 Å². The first kappa shape index (κ1) is 11.9. The smallest absolute Gasteiger partial charge is 0.0912 e. The standard InChI is InChI=1S/C11H9N.C2H4/c12-10-6-2-5-9-11-7-3-1-4-8-11;1-2/h1-9H;1-2H2. The Kier molecular flexibility index (Phi) is 7.69. The summed E-state index contributed by atoms with van der Waals surface area (Å²) in [6.07, 6.45) is 6.96. The number of hydrogen-bond donors (Lipinski definition) is 0. The fourth-order valence-corrected chi connectivity index (χ4v) is 0.829. The van der Waals surface area contributed by atoms with Crippen LogP contribution in [0, 0.1) is 11.3 Å². The summed E-state index contributed by atoms with van der Waals surface area (Å²) in [5, 5.41) is 8.19. The van der Waals surface area contributed by atoms with E-state index in [1.54, 1.807) is 6.08 Å². The van der Waals surface area contributed by atoms with Gasteiger partial charge in [0.25, 0.3) is 0 Å². The van der Waals surface area contributed by atoms with E-state index in [0.29, 0.717) is 0 Å². The molecule has 1 heteroatoms. The Morgan fingerprint density at radius 2 is 1.71 bits per heavy atom. The van der Waals surface area contributed by atoms with Crippen LogP contribution in [-0.2, 0) is 0 Å². The topological polar surface area (TPSA) is 23.8 Å². The molecular formula is C13H13N. The molecule has 1 rings (SSSR count). The molecule has 0 heterocycles. The van der Waals surface area contributed by atoms with E-state index in [-0.39, 0.29) is 0 Å². The minimum absolute atomic E-state index is 1.14. The van der Waals surface area contributed by atoms with Crippen molar-refractivity contribution >= 4 is 6.08 Å². The molecule has 0 saturated heterocycles. The first-order chi connectivity index (χ1) is 6.93. The summed E-state index contributed by atoms with van der Waals surface area (Å²) < 4.78 is 0. The zero-order chi connectivity index (χ0) is 10.6. The van der Waals surface area contributed by atoms with Gasteiger partial charge in [0.1, 0.15) is 0 Å². The molecule has 0 N–H and O–H groups in total. The van der Waals surface area contributed by atoms with E-state index in [9.17, 15) is 0 Å². The molecule has 1 nitrogen and oxygen atoms in total. The van der Waals surface area contributed by atoms with Crippen LogP contribution in [0.4, 0.5) is 0 Å². The van der Waals surface area contributed by atoms with Gasteiger partial charge in [0, 0.05) is 6.08 Å². The lowest BCUT2D eigenvalue weighted by atomic mass is 10.2. The van der Waals surface area contributed by atoms with Crippen molar-refractivity contribution < 1.29 is 0 Å². The molecule has 0 aliphatic heterocycles. The van der Waals surface area contributed by atoms with Crippen LogP contribution in [0.1, 0.15) is 5.56 Å². The second-order valence-electron chi connectivity index (χ2n) is 2.26. The molecule has 0 aliphatic carbocycles. The number of nitrogens with zero attached hydrogens (tertiary/aromatic N) is 1. The van der Waals surface area contributed by atoms with Gasteiger partial charge in [-0.1, -0.05) is 48.6 Å². The van der Waals surface area contributed by atoms with Crippen molar-refractivity contribution in [3.05, 3.63) is 67.3 Å². The Hall–Kier alpha value is -2.07. The summed E-state index contributed by atoms with van der Waals surface area (Å²) >= 11 is 0. The molecule has 1 aromatic carbocycles. The highest BCUT2D eigenvalue weighted by molar-refractivity contribution is 5.50. The molecule has 14 heavy (non-hydrogen) atoms. The van der Waals surface area contributed by atoms with Crippen LogP contribution >= 0.6 is 0 Å². The van der Waals surface area contributed by atoms with Crippen LogP contribution in [0.2, 0.25) is 0 Å². The van der Waals surface area contributed by atoms with Crippen molar-refractivity contribution in [3.8, 4) is 6.07 Å². The molecule has 0 spiro atoms. The monoisotopic (exact) mass is 183 g/mol. The van der Waals surface area contributed by atoms with Gasteiger partial charge in [0.05, 0.1) is 6.07 Å². The lowest BCUT2D eigenvalue weighted by molar-refractivity contribution is 1.53. The zero-order valence-corrected chi connectivity index (χ0v) is 8.06. The fraction of sp³-hybridized carbons (Fsp3) is 0. The van der Waals surface area contributed by atoms with Crippen molar-refractivity contribution in [1.82, 2.24) is 0 Å². The molecule has 0 bridgehead atoms. The van der Waals surface area contributed by atoms with E-state index in [1.807, 2.05) is 48.6 Å². The summed E-state index contributed by atoms with van der Waals surface area (Å²) in [4.78, 5) is 0. The van der Waals surface area contributed by atoms with Gasteiger partial charge < -0.3 is 0 Å². The fourth-order valence-electron chi connectivity index (χ4n) is 0.829. The predicted octanol–water partition coefficient (Wildman–Crippen LogP) is 3.58. The maximum atomic E-state index is 8.19. The number of rotatable bonds is 2. The first-order valence-corrected chi connectivity index (χ1v) is 4.21. The largest absolute Gasteiger partial charge is 0.193 e. The Morgan fingerprint density at radius 3 is 2.29 bits per heavy atom. The lowest BCUT2D eigenvalue weighted by Gasteiger charge is -1.87. The summed E-state index contributed by atoms with van der Waals surface area (Å²) in [7, 11) is 0. The minimum Gasteiger partial charge on any atom is -0.193 e. The second kappa shape index (κ2) is 9.02. The van der Waals surface area contributed by atoms with Crippen molar-refractivity contribution in [3.63, 3.8) is 0 Å². The summed E-state index contributed by atoms with van der Waals surface area (Å²) in [6.45, 7) is 6.00. The van der Waals surface area contributed by atoms with Crippen molar-refractivity contribution in [2.45, 2.75) is 0 Å². The van der Waals surface area contributed by atoms with E-state index in [0.717, 1.165) is 5.56 Å². The van der Waals surface area contributed by atoms with Crippen LogP contribution < -0.4 is 0 Å². The Balaban J connectivity index is 0.000000791. The molecule has 0 unspecified atom stereocenters. The maximum absolute atomic E-state index is 8.19. The van der Waals surface area contributed by atoms with Crippen molar-refractivity contribution in [2.24, 2.45) is 0 Å². The average molecular weight is 183 g/mol. The molecule has 0 saturated carbocycles. The highest BCUT2D eigenvalue weighted by Gasteiger charge is 1.78. The molecule has 0 amide bonds. The summed E-state index contributed by atoms with van der Waals surface area (Å²) in [6, 6.07) is 11.9. The van der Waals surface area contributed by atoms with E-state index >= 15 is 0 Å². The second-order valence-corrected chi connectivity index (χ2v) is 2.26. The van der Waals surface area contributed by atoms with Crippen LogP contribution in [0.3, 0.4) is 0 Å². The summed E-state index contributed by atoms with van der Waals surface area (Å²) in [5.41, 5.74) is 1.14. The van der Waals surface area contributed by atoms with Crippen LogP contribution in [0.5, 0.6) is 0 Å². The molecular weight excluding hydrogens is 170 g/mol. The number of nitriles is 1. The number of allylic oxidation sites excluding steroid dienone is 3. The molecule has 0 atom stereocenters. The van der Waals surface area contributed by atoms with Gasteiger partial charge in [-0.05, 0) is 5.56 Å². The van der Waals surface area contributed by atoms with Crippen LogP contribution in [0.25, 0.3) is 6.08 Å². The number of hydrogen-bond acceptors (Lipinski definition) is 1. The Bertz CT molecular complexity index is 328. The quantitative estimate of drug-likeness (QED) is 0.390. The van der Waals surface area contributed by atoms with Crippen molar-refractivity contribution in [1.29, 1.82) is 5.26 Å².